The molecule has 1 heterocycles. The van der Waals surface area contributed by atoms with E-state index in [0.29, 0.717) is 19.1 Å². The molecule has 0 atom stereocenters. The lowest BCUT2D eigenvalue weighted by molar-refractivity contribution is -0.131. The van der Waals surface area contributed by atoms with E-state index in [-0.39, 0.29) is 5.91 Å². The van der Waals surface area contributed by atoms with Crippen LogP contribution in [0.4, 0.5) is 0 Å². The van der Waals surface area contributed by atoms with Crippen LogP contribution in [-0.4, -0.2) is 55.0 Å². The monoisotopic (exact) mass is 329 g/mol. The van der Waals surface area contributed by atoms with Crippen LogP contribution >= 0.6 is 0 Å². The summed E-state index contributed by atoms with van der Waals surface area (Å²) in [5.74, 6) is 1.17. The highest BCUT2D eigenvalue weighted by Gasteiger charge is 2.25. The molecule has 4 nitrogen and oxygen atoms in total. The average Bonchev–Trinajstić information content (AvgIpc) is 3.40. The molecule has 24 heavy (non-hydrogen) atoms. The van der Waals surface area contributed by atoms with E-state index in [0.717, 1.165) is 19.0 Å². The molecule has 0 bridgehead atoms. The Balaban J connectivity index is 1.39. The summed E-state index contributed by atoms with van der Waals surface area (Å²) in [5, 5.41) is 3.70. The van der Waals surface area contributed by atoms with Gasteiger partial charge in [0.05, 0.1) is 6.54 Å². The molecule has 132 valence electrons. The Kier molecular flexibility index (Phi) is 5.90. The zero-order valence-corrected chi connectivity index (χ0v) is 15.1. The number of likely N-dealkylation sites (tertiary alicyclic amines) is 1. The summed E-state index contributed by atoms with van der Waals surface area (Å²) in [6, 6.07) is 8.95. The Morgan fingerprint density at radius 3 is 2.58 bits per heavy atom. The topological polar surface area (TPSA) is 35.6 Å². The lowest BCUT2D eigenvalue weighted by atomic mass is 10.0. The molecule has 0 aromatic heterocycles. The van der Waals surface area contributed by atoms with Gasteiger partial charge in [0, 0.05) is 32.7 Å². The number of amides is 1. The normalized spacial score (nSPS) is 19.4. The molecule has 1 saturated carbocycles. The maximum Gasteiger partial charge on any atom is 0.236 e. The lowest BCUT2D eigenvalue weighted by Gasteiger charge is -2.33. The van der Waals surface area contributed by atoms with E-state index in [1.54, 1.807) is 0 Å². The Labute approximate surface area is 146 Å². The fraction of sp³-hybridized carbons (Fsp3) is 0.650. The third-order valence-electron chi connectivity index (χ3n) is 5.43. The van der Waals surface area contributed by atoms with Gasteiger partial charge in [-0.15, -0.1) is 0 Å². The minimum atomic E-state index is 0.225. The second-order valence-corrected chi connectivity index (χ2v) is 7.58. The van der Waals surface area contributed by atoms with Gasteiger partial charge in [0.15, 0.2) is 0 Å². The fourth-order valence-corrected chi connectivity index (χ4v) is 3.39. The standard InChI is InChI=1S/C20H31N3O/c1-16-5-3-4-6-18(16)14-22(2)20(24)15-23-11-9-19(10-12-23)21-13-17-7-8-17/h3-6,17,19,21H,7-15H2,1-2H3. The lowest BCUT2D eigenvalue weighted by Crippen LogP contribution is -2.46. The van der Waals surface area contributed by atoms with Gasteiger partial charge in [0.25, 0.3) is 0 Å². The first kappa shape index (κ1) is 17.4. The third kappa shape index (κ3) is 5.05. The van der Waals surface area contributed by atoms with Crippen molar-refractivity contribution in [1.82, 2.24) is 15.1 Å². The van der Waals surface area contributed by atoms with Gasteiger partial charge < -0.3 is 10.2 Å². The van der Waals surface area contributed by atoms with Crippen molar-refractivity contribution in [2.45, 2.75) is 45.2 Å². The largest absolute Gasteiger partial charge is 0.340 e. The molecular formula is C20H31N3O. The smallest absolute Gasteiger partial charge is 0.236 e. The van der Waals surface area contributed by atoms with Gasteiger partial charge in [-0.1, -0.05) is 24.3 Å². The van der Waals surface area contributed by atoms with Crippen LogP contribution in [0.25, 0.3) is 0 Å². The fourth-order valence-electron chi connectivity index (χ4n) is 3.39. The van der Waals surface area contributed by atoms with Crippen LogP contribution in [-0.2, 0) is 11.3 Å². The Bertz CT molecular complexity index is 548. The van der Waals surface area contributed by atoms with E-state index in [4.69, 9.17) is 0 Å². The highest BCUT2D eigenvalue weighted by molar-refractivity contribution is 5.78. The molecule has 0 spiro atoms. The number of benzene rings is 1. The molecule has 0 unspecified atom stereocenters. The van der Waals surface area contributed by atoms with Crippen LogP contribution in [0.2, 0.25) is 0 Å². The molecule has 1 saturated heterocycles. The van der Waals surface area contributed by atoms with Crippen LogP contribution in [0.5, 0.6) is 0 Å². The van der Waals surface area contributed by atoms with Crippen LogP contribution in [0, 0.1) is 12.8 Å². The number of nitrogens with one attached hydrogen (secondary N) is 1. The highest BCUT2D eigenvalue weighted by atomic mass is 16.2. The number of piperidine rings is 1. The molecule has 1 N–H and O–H groups in total. The molecule has 2 aliphatic rings. The van der Waals surface area contributed by atoms with Gasteiger partial charge in [-0.2, -0.15) is 0 Å². The van der Waals surface area contributed by atoms with Crippen LogP contribution < -0.4 is 5.32 Å². The minimum absolute atomic E-state index is 0.225. The number of nitrogens with zero attached hydrogens (tertiary/aromatic N) is 2. The van der Waals surface area contributed by atoms with Crippen molar-refractivity contribution < 1.29 is 4.79 Å². The van der Waals surface area contributed by atoms with E-state index >= 15 is 0 Å². The molecule has 1 aliphatic heterocycles. The molecule has 0 radical (unpaired) electrons. The molecule has 1 aromatic carbocycles. The van der Waals surface area contributed by atoms with Gasteiger partial charge in [-0.25, -0.2) is 0 Å². The maximum atomic E-state index is 12.5. The van der Waals surface area contributed by atoms with Crippen molar-refractivity contribution in [3.8, 4) is 0 Å². The van der Waals surface area contributed by atoms with Crippen LogP contribution in [0.3, 0.4) is 0 Å². The SMILES string of the molecule is Cc1ccccc1CN(C)C(=O)CN1CCC(NCC2CC2)CC1. The predicted molar refractivity (Wildman–Crippen MR) is 97.8 cm³/mol. The van der Waals surface area contributed by atoms with Crippen LogP contribution in [0.15, 0.2) is 24.3 Å². The summed E-state index contributed by atoms with van der Waals surface area (Å²) in [4.78, 5) is 16.7. The summed E-state index contributed by atoms with van der Waals surface area (Å²) in [7, 11) is 1.92. The number of likely N-dealkylation sites (N-methyl/N-ethyl adjacent to an activating group) is 1. The Morgan fingerprint density at radius 2 is 1.92 bits per heavy atom. The van der Waals surface area contributed by atoms with Gasteiger partial charge in [-0.05, 0) is 56.2 Å². The van der Waals surface area contributed by atoms with Gasteiger partial charge in [-0.3, -0.25) is 9.69 Å². The number of carbonyl (C=O) groups is 1. The predicted octanol–water partition coefficient (Wildman–Crippen LogP) is 2.42. The summed E-state index contributed by atoms with van der Waals surface area (Å²) >= 11 is 0. The first-order chi connectivity index (χ1) is 11.6. The second-order valence-electron chi connectivity index (χ2n) is 7.58. The molecule has 3 rings (SSSR count). The number of rotatable bonds is 7. The van der Waals surface area contributed by atoms with Gasteiger partial charge in [0.1, 0.15) is 0 Å². The molecule has 4 heteroatoms. The van der Waals surface area contributed by atoms with E-state index in [1.165, 1.54) is 43.4 Å². The highest BCUT2D eigenvalue weighted by Crippen LogP contribution is 2.28. The van der Waals surface area contributed by atoms with E-state index in [2.05, 4.69) is 29.3 Å². The van der Waals surface area contributed by atoms with Gasteiger partial charge in [0.2, 0.25) is 5.91 Å². The van der Waals surface area contributed by atoms with Crippen molar-refractivity contribution in [3.05, 3.63) is 35.4 Å². The zero-order chi connectivity index (χ0) is 16.9. The van der Waals surface area contributed by atoms with Crippen molar-refractivity contribution >= 4 is 5.91 Å². The average molecular weight is 329 g/mol. The minimum Gasteiger partial charge on any atom is -0.340 e. The van der Waals surface area contributed by atoms with Gasteiger partial charge >= 0.3 is 0 Å². The molecule has 1 aliphatic carbocycles. The molecule has 2 fully saturated rings. The summed E-state index contributed by atoms with van der Waals surface area (Å²) in [5.41, 5.74) is 2.48. The maximum absolute atomic E-state index is 12.5. The van der Waals surface area contributed by atoms with Crippen molar-refractivity contribution in [2.24, 2.45) is 5.92 Å². The zero-order valence-electron chi connectivity index (χ0n) is 15.1. The van der Waals surface area contributed by atoms with Crippen LogP contribution in [0.1, 0.15) is 36.8 Å². The van der Waals surface area contributed by atoms with Crippen molar-refractivity contribution in [3.63, 3.8) is 0 Å². The summed E-state index contributed by atoms with van der Waals surface area (Å²) < 4.78 is 0. The second kappa shape index (κ2) is 8.13. The van der Waals surface area contributed by atoms with E-state index in [1.807, 2.05) is 24.1 Å². The van der Waals surface area contributed by atoms with E-state index in [9.17, 15) is 4.79 Å². The Hall–Kier alpha value is -1.39. The number of hydrogen-bond donors (Lipinski definition) is 1. The van der Waals surface area contributed by atoms with Crippen molar-refractivity contribution in [2.75, 3.05) is 33.2 Å². The number of hydrogen-bond acceptors (Lipinski definition) is 3. The molecule has 1 amide bonds. The third-order valence-corrected chi connectivity index (χ3v) is 5.43. The first-order valence-corrected chi connectivity index (χ1v) is 9.36. The number of carbonyl (C=O) groups excluding carboxylic acids is 1. The molecule has 1 aromatic rings. The summed E-state index contributed by atoms with van der Waals surface area (Å²) in [6.45, 7) is 6.62. The van der Waals surface area contributed by atoms with E-state index < -0.39 is 0 Å². The Morgan fingerprint density at radius 1 is 1.21 bits per heavy atom. The quantitative estimate of drug-likeness (QED) is 0.834. The van der Waals surface area contributed by atoms with Crippen molar-refractivity contribution in [1.29, 1.82) is 0 Å². The number of aryl methyl sites for hydroxylation is 1. The summed E-state index contributed by atoms with van der Waals surface area (Å²) in [6.07, 6.45) is 5.16. The molecular weight excluding hydrogens is 298 g/mol. The first-order valence-electron chi connectivity index (χ1n) is 9.36.